The summed E-state index contributed by atoms with van der Waals surface area (Å²) in [5, 5.41) is 2.80. The zero-order chi connectivity index (χ0) is 17.3. The van der Waals surface area contributed by atoms with Gasteiger partial charge in [0, 0.05) is 6.42 Å². The Hall–Kier alpha value is -2.37. The highest BCUT2D eigenvalue weighted by molar-refractivity contribution is 5.97. The molecule has 2 aliphatic rings. The average molecular weight is 330 g/mol. The first-order valence-electron chi connectivity index (χ1n) is 8.32. The molecule has 0 aromatic heterocycles. The van der Waals surface area contributed by atoms with Crippen LogP contribution in [-0.4, -0.2) is 47.4 Å². The van der Waals surface area contributed by atoms with Gasteiger partial charge >= 0.3 is 5.97 Å². The van der Waals surface area contributed by atoms with Crippen molar-refractivity contribution in [1.82, 2.24) is 10.2 Å². The molecule has 2 saturated heterocycles. The van der Waals surface area contributed by atoms with Gasteiger partial charge in [-0.2, -0.15) is 0 Å². The minimum Gasteiger partial charge on any atom is -0.457 e. The van der Waals surface area contributed by atoms with Crippen molar-refractivity contribution in [3.63, 3.8) is 0 Å². The molecule has 1 N–H and O–H groups in total. The van der Waals surface area contributed by atoms with Crippen molar-refractivity contribution >= 4 is 17.8 Å². The van der Waals surface area contributed by atoms with E-state index in [-0.39, 0.29) is 18.4 Å². The third-order valence-corrected chi connectivity index (χ3v) is 4.45. The van der Waals surface area contributed by atoms with Gasteiger partial charge in [-0.3, -0.25) is 9.59 Å². The molecule has 1 aromatic carbocycles. The predicted molar refractivity (Wildman–Crippen MR) is 87.1 cm³/mol. The van der Waals surface area contributed by atoms with Crippen LogP contribution in [0.25, 0.3) is 0 Å². The molecule has 24 heavy (non-hydrogen) atoms. The van der Waals surface area contributed by atoms with E-state index in [1.165, 1.54) is 0 Å². The molecule has 0 aliphatic carbocycles. The van der Waals surface area contributed by atoms with Crippen LogP contribution in [0, 0.1) is 5.92 Å². The highest BCUT2D eigenvalue weighted by atomic mass is 16.5. The van der Waals surface area contributed by atoms with Crippen LogP contribution < -0.4 is 5.32 Å². The summed E-state index contributed by atoms with van der Waals surface area (Å²) >= 11 is 0. The van der Waals surface area contributed by atoms with Gasteiger partial charge in [0.2, 0.25) is 11.8 Å². The first-order chi connectivity index (χ1) is 11.5. The highest BCUT2D eigenvalue weighted by Crippen LogP contribution is 2.26. The maximum absolute atomic E-state index is 12.6. The third kappa shape index (κ3) is 3.27. The number of carbonyl (C=O) groups is 3. The van der Waals surface area contributed by atoms with E-state index in [4.69, 9.17) is 4.74 Å². The summed E-state index contributed by atoms with van der Waals surface area (Å²) in [6.45, 7) is 4.31. The second kappa shape index (κ2) is 6.63. The van der Waals surface area contributed by atoms with Crippen molar-refractivity contribution in [3.05, 3.63) is 35.9 Å². The van der Waals surface area contributed by atoms with E-state index >= 15 is 0 Å². The van der Waals surface area contributed by atoms with Crippen molar-refractivity contribution in [2.45, 2.75) is 44.9 Å². The minimum atomic E-state index is -0.533. The molecule has 6 nitrogen and oxygen atoms in total. The zero-order valence-electron chi connectivity index (χ0n) is 13.9. The van der Waals surface area contributed by atoms with Gasteiger partial charge in [0.05, 0.1) is 12.1 Å². The largest absolute Gasteiger partial charge is 0.457 e. The molecule has 0 unspecified atom stereocenters. The van der Waals surface area contributed by atoms with E-state index in [2.05, 4.69) is 5.32 Å². The number of carbonyl (C=O) groups excluding carboxylic acids is 3. The van der Waals surface area contributed by atoms with Crippen LogP contribution in [-0.2, 0) is 14.3 Å². The molecule has 2 fully saturated rings. The van der Waals surface area contributed by atoms with Crippen LogP contribution in [0.3, 0.4) is 0 Å². The Morgan fingerprint density at radius 3 is 2.67 bits per heavy atom. The molecule has 0 saturated carbocycles. The molecule has 1 aromatic rings. The lowest BCUT2D eigenvalue weighted by molar-refractivity contribution is -0.147. The minimum absolute atomic E-state index is 0.0773. The van der Waals surface area contributed by atoms with Gasteiger partial charge in [-0.25, -0.2) is 4.79 Å². The lowest BCUT2D eigenvalue weighted by atomic mass is 9.99. The normalized spacial score (nSPS) is 26.3. The first-order valence-corrected chi connectivity index (χ1v) is 8.32. The number of ether oxygens (including phenoxy) is 1. The van der Waals surface area contributed by atoms with E-state index in [1.807, 2.05) is 19.9 Å². The lowest BCUT2D eigenvalue weighted by Gasteiger charge is -2.34. The summed E-state index contributed by atoms with van der Waals surface area (Å²) in [6.07, 6.45) is 0.516. The number of hydrogen-bond donors (Lipinski definition) is 1. The van der Waals surface area contributed by atoms with Gasteiger partial charge in [0.25, 0.3) is 0 Å². The van der Waals surface area contributed by atoms with Crippen LogP contribution in [0.1, 0.15) is 37.0 Å². The first kappa shape index (κ1) is 16.5. The van der Waals surface area contributed by atoms with Gasteiger partial charge in [-0.15, -0.1) is 0 Å². The summed E-state index contributed by atoms with van der Waals surface area (Å²) in [5.74, 6) is -0.345. The SMILES string of the molecule is CC(C)C[C@H]1NC(=O)[C@@H]2C[C@@H](OC(=O)c3ccccc3)CN2C1=O. The summed E-state index contributed by atoms with van der Waals surface area (Å²) in [5.41, 5.74) is 0.468. The van der Waals surface area contributed by atoms with Crippen molar-refractivity contribution in [2.75, 3.05) is 6.54 Å². The van der Waals surface area contributed by atoms with Crippen molar-refractivity contribution in [3.8, 4) is 0 Å². The number of hydrogen-bond acceptors (Lipinski definition) is 4. The number of benzene rings is 1. The molecule has 2 heterocycles. The van der Waals surface area contributed by atoms with Gasteiger partial charge in [0.1, 0.15) is 18.2 Å². The number of nitrogens with zero attached hydrogens (tertiary/aromatic N) is 1. The predicted octanol–water partition coefficient (Wildman–Crippen LogP) is 1.36. The van der Waals surface area contributed by atoms with Crippen molar-refractivity contribution in [2.24, 2.45) is 5.92 Å². The summed E-state index contributed by atoms with van der Waals surface area (Å²) in [7, 11) is 0. The van der Waals surface area contributed by atoms with Crippen LogP contribution in [0.4, 0.5) is 0 Å². The second-order valence-electron chi connectivity index (χ2n) is 6.83. The molecule has 2 aliphatic heterocycles. The summed E-state index contributed by atoms with van der Waals surface area (Å²) in [4.78, 5) is 38.5. The number of piperazine rings is 1. The maximum Gasteiger partial charge on any atom is 0.338 e. The maximum atomic E-state index is 12.6. The smallest absolute Gasteiger partial charge is 0.338 e. The topological polar surface area (TPSA) is 75.7 Å². The number of amides is 2. The fourth-order valence-corrected chi connectivity index (χ4v) is 3.33. The van der Waals surface area contributed by atoms with Gasteiger partial charge in [-0.1, -0.05) is 32.0 Å². The molecule has 128 valence electrons. The number of esters is 1. The van der Waals surface area contributed by atoms with E-state index in [0.717, 1.165) is 0 Å². The fourth-order valence-electron chi connectivity index (χ4n) is 3.33. The highest BCUT2D eigenvalue weighted by Gasteiger charge is 2.47. The average Bonchev–Trinajstić information content (AvgIpc) is 2.97. The van der Waals surface area contributed by atoms with Crippen molar-refractivity contribution < 1.29 is 19.1 Å². The van der Waals surface area contributed by atoms with Crippen LogP contribution >= 0.6 is 0 Å². The zero-order valence-corrected chi connectivity index (χ0v) is 13.9. The van der Waals surface area contributed by atoms with Crippen LogP contribution in [0.5, 0.6) is 0 Å². The Morgan fingerprint density at radius 1 is 1.29 bits per heavy atom. The molecule has 0 bridgehead atoms. The molecule has 2 amide bonds. The Bertz CT molecular complexity index is 644. The standard InChI is InChI=1S/C18H22N2O4/c1-11(2)8-14-17(22)20-10-13(9-15(20)16(21)19-14)24-18(23)12-6-4-3-5-7-12/h3-7,11,13-15H,8-10H2,1-2H3,(H,19,21)/t13-,14-,15+/m1/s1. The third-order valence-electron chi connectivity index (χ3n) is 4.45. The van der Waals surface area contributed by atoms with Crippen LogP contribution in [0.2, 0.25) is 0 Å². The Labute approximate surface area is 141 Å². The molecule has 3 rings (SSSR count). The summed E-state index contributed by atoms with van der Waals surface area (Å²) in [6, 6.07) is 7.71. The second-order valence-corrected chi connectivity index (χ2v) is 6.83. The molecular weight excluding hydrogens is 308 g/mol. The fraction of sp³-hybridized carbons (Fsp3) is 0.500. The quantitative estimate of drug-likeness (QED) is 0.846. The Kier molecular flexibility index (Phi) is 4.55. The van der Waals surface area contributed by atoms with Gasteiger partial charge in [-0.05, 0) is 24.5 Å². The van der Waals surface area contributed by atoms with Gasteiger partial charge in [0.15, 0.2) is 0 Å². The van der Waals surface area contributed by atoms with Gasteiger partial charge < -0.3 is 15.0 Å². The van der Waals surface area contributed by atoms with Crippen molar-refractivity contribution in [1.29, 1.82) is 0 Å². The number of nitrogens with one attached hydrogen (secondary N) is 1. The number of fused-ring (bicyclic) bond motifs is 1. The monoisotopic (exact) mass is 330 g/mol. The van der Waals surface area contributed by atoms with Crippen LogP contribution in [0.15, 0.2) is 30.3 Å². The van der Waals surface area contributed by atoms with E-state index in [0.29, 0.717) is 24.3 Å². The Balaban J connectivity index is 1.66. The molecular formula is C18H22N2O4. The molecule has 3 atom stereocenters. The molecule has 0 radical (unpaired) electrons. The van der Waals surface area contributed by atoms with E-state index in [1.54, 1.807) is 29.2 Å². The van der Waals surface area contributed by atoms with E-state index in [9.17, 15) is 14.4 Å². The summed E-state index contributed by atoms with van der Waals surface area (Å²) < 4.78 is 5.49. The molecule has 0 spiro atoms. The Morgan fingerprint density at radius 2 is 2.00 bits per heavy atom. The number of rotatable bonds is 4. The lowest BCUT2D eigenvalue weighted by Crippen LogP contribution is -2.61. The molecule has 6 heteroatoms. The van der Waals surface area contributed by atoms with E-state index < -0.39 is 24.2 Å².